The van der Waals surface area contributed by atoms with Gasteiger partial charge < -0.3 is 14.8 Å². The van der Waals surface area contributed by atoms with Crippen molar-refractivity contribution in [1.82, 2.24) is 5.32 Å². The van der Waals surface area contributed by atoms with Gasteiger partial charge in [-0.25, -0.2) is 8.42 Å². The second-order valence-corrected chi connectivity index (χ2v) is 9.78. The lowest BCUT2D eigenvalue weighted by Crippen LogP contribution is -2.41. The van der Waals surface area contributed by atoms with Gasteiger partial charge in [-0.2, -0.15) is 0 Å². The maximum atomic E-state index is 13.4. The minimum absolute atomic E-state index is 0.0182. The van der Waals surface area contributed by atoms with E-state index in [2.05, 4.69) is 5.32 Å². The number of anilines is 1. The normalized spacial score (nSPS) is 11.0. The maximum Gasteiger partial charge on any atom is 0.264 e. The van der Waals surface area contributed by atoms with E-state index >= 15 is 0 Å². The summed E-state index contributed by atoms with van der Waals surface area (Å²) in [6.07, 6.45) is 0. The van der Waals surface area contributed by atoms with Gasteiger partial charge in [0.2, 0.25) is 5.91 Å². The number of amides is 1. The Morgan fingerprint density at radius 1 is 0.853 bits per heavy atom. The lowest BCUT2D eigenvalue weighted by atomic mass is 10.3. The fraction of sp³-hybridized carbons (Fsp3) is 0.208. The summed E-state index contributed by atoms with van der Waals surface area (Å²) in [5.74, 6) is 0.727. The molecule has 3 aromatic rings. The minimum atomic E-state index is -4.04. The summed E-state index contributed by atoms with van der Waals surface area (Å²) < 4.78 is 38.8. The Labute approximate surface area is 209 Å². The fourth-order valence-electron chi connectivity index (χ4n) is 3.00. The van der Waals surface area contributed by atoms with Gasteiger partial charge in [-0.15, -0.1) is 0 Å². The van der Waals surface area contributed by atoms with Crippen LogP contribution >= 0.6 is 23.2 Å². The number of nitrogens with zero attached hydrogens (tertiary/aromatic N) is 1. The largest absolute Gasteiger partial charge is 0.494 e. The minimum Gasteiger partial charge on any atom is -0.494 e. The highest BCUT2D eigenvalue weighted by Gasteiger charge is 2.27. The second kappa shape index (κ2) is 12.0. The number of sulfonamides is 1. The van der Waals surface area contributed by atoms with E-state index in [-0.39, 0.29) is 18.0 Å². The first-order chi connectivity index (χ1) is 16.3. The van der Waals surface area contributed by atoms with Crippen molar-refractivity contribution < 1.29 is 22.7 Å². The van der Waals surface area contributed by atoms with E-state index in [9.17, 15) is 13.2 Å². The maximum absolute atomic E-state index is 13.4. The first-order valence-corrected chi connectivity index (χ1v) is 12.7. The average Bonchev–Trinajstić information content (AvgIpc) is 2.82. The third-order valence-corrected chi connectivity index (χ3v) is 6.92. The van der Waals surface area contributed by atoms with E-state index in [1.165, 1.54) is 24.3 Å². The van der Waals surface area contributed by atoms with Crippen molar-refractivity contribution in [2.75, 3.05) is 30.6 Å². The second-order valence-electron chi connectivity index (χ2n) is 7.04. The van der Waals surface area contributed by atoms with Crippen LogP contribution in [0.25, 0.3) is 0 Å². The Balaban J connectivity index is 1.71. The van der Waals surface area contributed by atoms with Crippen LogP contribution in [0.15, 0.2) is 77.7 Å². The predicted octanol–water partition coefficient (Wildman–Crippen LogP) is 4.78. The van der Waals surface area contributed by atoms with Gasteiger partial charge in [-0.1, -0.05) is 23.2 Å². The lowest BCUT2D eigenvalue weighted by molar-refractivity contribution is -0.119. The van der Waals surface area contributed by atoms with E-state index in [0.717, 1.165) is 4.31 Å². The SMILES string of the molecule is CCOc1ccc(N(CC(=O)NCCOc2ccc(Cl)cc2)S(=O)(=O)c2ccc(Cl)cc2)cc1. The molecular weight excluding hydrogens is 499 g/mol. The van der Waals surface area contributed by atoms with Crippen LogP contribution < -0.4 is 19.1 Å². The zero-order valence-electron chi connectivity index (χ0n) is 18.4. The summed E-state index contributed by atoms with van der Waals surface area (Å²) in [5.41, 5.74) is 0.325. The van der Waals surface area contributed by atoms with Crippen molar-refractivity contribution in [2.45, 2.75) is 11.8 Å². The molecule has 10 heteroatoms. The third-order valence-electron chi connectivity index (χ3n) is 4.63. The molecule has 0 unspecified atom stereocenters. The van der Waals surface area contributed by atoms with Crippen molar-refractivity contribution in [3.63, 3.8) is 0 Å². The van der Waals surface area contributed by atoms with Gasteiger partial charge in [0.05, 0.1) is 23.7 Å². The first-order valence-electron chi connectivity index (χ1n) is 10.5. The van der Waals surface area contributed by atoms with Crippen LogP contribution in [0.5, 0.6) is 11.5 Å². The molecule has 0 spiro atoms. The number of carbonyl (C=O) groups is 1. The van der Waals surface area contributed by atoms with Gasteiger partial charge in [0.15, 0.2) is 0 Å². The topological polar surface area (TPSA) is 84.9 Å². The van der Waals surface area contributed by atoms with E-state index < -0.39 is 22.5 Å². The highest BCUT2D eigenvalue weighted by atomic mass is 35.5. The predicted molar refractivity (Wildman–Crippen MR) is 134 cm³/mol. The number of benzene rings is 3. The lowest BCUT2D eigenvalue weighted by Gasteiger charge is -2.24. The van der Waals surface area contributed by atoms with Gasteiger partial charge in [0, 0.05) is 10.0 Å². The number of ether oxygens (including phenoxy) is 2. The molecule has 34 heavy (non-hydrogen) atoms. The van der Waals surface area contributed by atoms with Gasteiger partial charge >= 0.3 is 0 Å². The molecule has 0 aliphatic rings. The monoisotopic (exact) mass is 522 g/mol. The summed E-state index contributed by atoms with van der Waals surface area (Å²) in [4.78, 5) is 12.7. The van der Waals surface area contributed by atoms with Crippen LogP contribution in [-0.2, 0) is 14.8 Å². The summed E-state index contributed by atoms with van der Waals surface area (Å²) in [7, 11) is -4.04. The molecule has 7 nitrogen and oxygen atoms in total. The Hall–Kier alpha value is -2.94. The first kappa shape index (κ1) is 25.7. The van der Waals surface area contributed by atoms with E-state index in [1.54, 1.807) is 48.5 Å². The molecular formula is C24H24Cl2N2O5S. The number of nitrogens with one attached hydrogen (secondary N) is 1. The zero-order chi connectivity index (χ0) is 24.6. The Kier molecular flexibility index (Phi) is 9.04. The average molecular weight is 523 g/mol. The van der Waals surface area contributed by atoms with Crippen LogP contribution in [0.1, 0.15) is 6.92 Å². The molecule has 3 rings (SSSR count). The molecule has 0 saturated carbocycles. The molecule has 0 fully saturated rings. The standard InChI is InChI=1S/C24H24Cl2N2O5S/c1-2-32-21-11-7-20(8-12-21)28(34(30,31)23-13-5-19(26)6-14-23)17-24(29)27-15-16-33-22-9-3-18(25)4-10-22/h3-14H,2,15-17H2,1H3,(H,27,29). The van der Waals surface area contributed by atoms with Gasteiger partial charge in [-0.05, 0) is 79.7 Å². The van der Waals surface area contributed by atoms with Crippen molar-refractivity contribution in [3.8, 4) is 11.5 Å². The summed E-state index contributed by atoms with van der Waals surface area (Å²) >= 11 is 11.8. The van der Waals surface area contributed by atoms with E-state index in [0.29, 0.717) is 33.8 Å². The number of halogens is 2. The Bertz CT molecular complexity index is 1190. The van der Waals surface area contributed by atoms with Crippen LogP contribution in [0, 0.1) is 0 Å². The molecule has 0 radical (unpaired) electrons. The van der Waals surface area contributed by atoms with Crippen molar-refractivity contribution >= 4 is 44.8 Å². The molecule has 0 bridgehead atoms. The fourth-order valence-corrected chi connectivity index (χ4v) is 4.67. The number of hydrogen-bond acceptors (Lipinski definition) is 5. The summed E-state index contributed by atoms with van der Waals surface area (Å²) in [5, 5.41) is 3.69. The summed E-state index contributed by atoms with van der Waals surface area (Å²) in [6.45, 7) is 2.32. The Morgan fingerprint density at radius 3 is 1.97 bits per heavy atom. The van der Waals surface area contributed by atoms with Crippen LogP contribution in [0.4, 0.5) is 5.69 Å². The number of carbonyl (C=O) groups excluding carboxylic acids is 1. The molecule has 0 saturated heterocycles. The van der Waals surface area contributed by atoms with Crippen LogP contribution in [0.3, 0.4) is 0 Å². The Morgan fingerprint density at radius 2 is 1.38 bits per heavy atom. The quantitative estimate of drug-likeness (QED) is 0.366. The third kappa shape index (κ3) is 7.03. The molecule has 1 N–H and O–H groups in total. The van der Waals surface area contributed by atoms with E-state index in [1.807, 2.05) is 6.92 Å². The molecule has 3 aromatic carbocycles. The molecule has 0 aromatic heterocycles. The van der Waals surface area contributed by atoms with Gasteiger partial charge in [0.1, 0.15) is 24.7 Å². The highest BCUT2D eigenvalue weighted by molar-refractivity contribution is 7.92. The molecule has 0 atom stereocenters. The molecule has 0 aliphatic heterocycles. The van der Waals surface area contributed by atoms with Gasteiger partial charge in [0.25, 0.3) is 10.0 Å². The molecule has 0 heterocycles. The smallest absolute Gasteiger partial charge is 0.264 e. The molecule has 0 aliphatic carbocycles. The highest BCUT2D eigenvalue weighted by Crippen LogP contribution is 2.26. The van der Waals surface area contributed by atoms with Crippen LogP contribution in [-0.4, -0.2) is 40.6 Å². The van der Waals surface area contributed by atoms with Crippen LogP contribution in [0.2, 0.25) is 10.0 Å². The van der Waals surface area contributed by atoms with Crippen molar-refractivity contribution in [3.05, 3.63) is 82.8 Å². The summed E-state index contributed by atoms with van der Waals surface area (Å²) in [6, 6.07) is 19.1. The van der Waals surface area contributed by atoms with Gasteiger partial charge in [-0.3, -0.25) is 9.10 Å². The van der Waals surface area contributed by atoms with Crippen molar-refractivity contribution in [1.29, 1.82) is 0 Å². The number of rotatable bonds is 11. The zero-order valence-corrected chi connectivity index (χ0v) is 20.7. The molecule has 1 amide bonds. The number of hydrogen-bond donors (Lipinski definition) is 1. The molecule has 180 valence electrons. The van der Waals surface area contributed by atoms with E-state index in [4.69, 9.17) is 32.7 Å². The van der Waals surface area contributed by atoms with Crippen molar-refractivity contribution in [2.24, 2.45) is 0 Å².